The summed E-state index contributed by atoms with van der Waals surface area (Å²) in [5.41, 5.74) is 1.33. The van der Waals surface area contributed by atoms with Gasteiger partial charge in [-0.15, -0.1) is 0 Å². The monoisotopic (exact) mass is 277 g/mol. The first kappa shape index (κ1) is 13.9. The van der Waals surface area contributed by atoms with Gasteiger partial charge in [-0.25, -0.2) is 0 Å². The molecule has 0 bridgehead atoms. The van der Waals surface area contributed by atoms with Gasteiger partial charge >= 0.3 is 0 Å². The van der Waals surface area contributed by atoms with E-state index >= 15 is 0 Å². The van der Waals surface area contributed by atoms with Crippen LogP contribution in [0.25, 0.3) is 0 Å². The number of likely N-dealkylation sites (tertiary alicyclic amines) is 1. The summed E-state index contributed by atoms with van der Waals surface area (Å²) in [6.45, 7) is 10.2. The van der Waals surface area contributed by atoms with Crippen LogP contribution in [-0.4, -0.2) is 60.9 Å². The third kappa shape index (κ3) is 3.15. The second kappa shape index (κ2) is 6.59. The van der Waals surface area contributed by atoms with E-state index in [4.69, 9.17) is 0 Å². The molecule has 5 heteroatoms. The third-order valence-electron chi connectivity index (χ3n) is 4.51. The molecule has 0 radical (unpaired) electrons. The van der Waals surface area contributed by atoms with Crippen molar-refractivity contribution in [1.29, 1.82) is 0 Å². The molecule has 2 aliphatic heterocycles. The van der Waals surface area contributed by atoms with Crippen LogP contribution in [-0.2, 0) is 0 Å². The second-order valence-electron chi connectivity index (χ2n) is 6.06. The molecule has 2 N–H and O–H groups in total. The normalized spacial score (nSPS) is 25.1. The number of aromatic nitrogens is 2. The third-order valence-corrected chi connectivity index (χ3v) is 4.51. The standard InChI is InChI=1S/C15H27N5/c1-2-7-19-8-3-4-13(12-19)14-11-15(18-17-14)20-9-5-16-6-10-20/h11,13,16H,2-10,12H2,1H3,(H,17,18). The molecule has 3 heterocycles. The maximum atomic E-state index is 4.54. The summed E-state index contributed by atoms with van der Waals surface area (Å²) in [5, 5.41) is 11.2. The summed E-state index contributed by atoms with van der Waals surface area (Å²) >= 11 is 0. The lowest BCUT2D eigenvalue weighted by Gasteiger charge is -2.31. The molecule has 2 saturated heterocycles. The number of hydrogen-bond donors (Lipinski definition) is 2. The zero-order valence-electron chi connectivity index (χ0n) is 12.6. The lowest BCUT2D eigenvalue weighted by Crippen LogP contribution is -2.43. The predicted octanol–water partition coefficient (Wildman–Crippen LogP) is 1.41. The van der Waals surface area contributed by atoms with Gasteiger partial charge in [-0.3, -0.25) is 5.10 Å². The van der Waals surface area contributed by atoms with E-state index in [9.17, 15) is 0 Å². The molecule has 0 spiro atoms. The summed E-state index contributed by atoms with van der Waals surface area (Å²) in [4.78, 5) is 4.97. The average Bonchev–Trinajstić information content (AvgIpc) is 2.99. The van der Waals surface area contributed by atoms with Crippen molar-refractivity contribution in [2.24, 2.45) is 0 Å². The number of rotatable bonds is 4. The van der Waals surface area contributed by atoms with E-state index in [1.807, 2.05) is 0 Å². The van der Waals surface area contributed by atoms with E-state index in [2.05, 4.69) is 38.3 Å². The molecule has 2 fully saturated rings. The summed E-state index contributed by atoms with van der Waals surface area (Å²) in [5.74, 6) is 1.77. The fourth-order valence-corrected chi connectivity index (χ4v) is 3.42. The molecule has 0 aliphatic carbocycles. The SMILES string of the molecule is CCCN1CCCC(c2cc(N3CCNCC3)n[nH]2)C1. The first-order valence-corrected chi connectivity index (χ1v) is 8.10. The van der Waals surface area contributed by atoms with Crippen molar-refractivity contribution in [3.63, 3.8) is 0 Å². The van der Waals surface area contributed by atoms with Gasteiger partial charge in [0.25, 0.3) is 0 Å². The topological polar surface area (TPSA) is 47.2 Å². The van der Waals surface area contributed by atoms with Crippen LogP contribution in [0.2, 0.25) is 0 Å². The Kier molecular flexibility index (Phi) is 4.58. The molecular weight excluding hydrogens is 250 g/mol. The summed E-state index contributed by atoms with van der Waals surface area (Å²) in [6, 6.07) is 2.28. The Morgan fingerprint density at radius 3 is 2.95 bits per heavy atom. The molecule has 112 valence electrons. The van der Waals surface area contributed by atoms with E-state index in [0.717, 1.165) is 32.0 Å². The van der Waals surface area contributed by atoms with Crippen LogP contribution >= 0.6 is 0 Å². The van der Waals surface area contributed by atoms with Crippen molar-refractivity contribution in [2.45, 2.75) is 32.1 Å². The highest BCUT2D eigenvalue weighted by Gasteiger charge is 2.23. The Hall–Kier alpha value is -1.07. The minimum absolute atomic E-state index is 0.638. The molecule has 1 aromatic heterocycles. The fourth-order valence-electron chi connectivity index (χ4n) is 3.42. The van der Waals surface area contributed by atoms with Gasteiger partial charge in [0.05, 0.1) is 0 Å². The predicted molar refractivity (Wildman–Crippen MR) is 82.4 cm³/mol. The van der Waals surface area contributed by atoms with Crippen LogP contribution in [0.4, 0.5) is 5.82 Å². The highest BCUT2D eigenvalue weighted by molar-refractivity contribution is 5.40. The molecule has 20 heavy (non-hydrogen) atoms. The molecule has 1 atom stereocenters. The maximum absolute atomic E-state index is 4.54. The quantitative estimate of drug-likeness (QED) is 0.873. The van der Waals surface area contributed by atoms with E-state index in [0.29, 0.717) is 5.92 Å². The fraction of sp³-hybridized carbons (Fsp3) is 0.800. The minimum atomic E-state index is 0.638. The number of H-pyrrole nitrogens is 1. The number of nitrogens with one attached hydrogen (secondary N) is 2. The Morgan fingerprint density at radius 2 is 2.15 bits per heavy atom. The summed E-state index contributed by atoms with van der Waals surface area (Å²) < 4.78 is 0. The molecule has 0 aromatic carbocycles. The van der Waals surface area contributed by atoms with Gasteiger partial charge in [0.2, 0.25) is 0 Å². The van der Waals surface area contributed by atoms with Crippen molar-refractivity contribution < 1.29 is 0 Å². The number of anilines is 1. The lowest BCUT2D eigenvalue weighted by molar-refractivity contribution is 0.206. The number of hydrogen-bond acceptors (Lipinski definition) is 4. The maximum Gasteiger partial charge on any atom is 0.150 e. The molecule has 0 saturated carbocycles. The zero-order chi connectivity index (χ0) is 13.8. The number of piperazine rings is 1. The minimum Gasteiger partial charge on any atom is -0.353 e. The number of piperidine rings is 1. The average molecular weight is 277 g/mol. The molecule has 3 rings (SSSR count). The lowest BCUT2D eigenvalue weighted by atomic mass is 9.95. The molecule has 1 unspecified atom stereocenters. The Morgan fingerprint density at radius 1 is 1.30 bits per heavy atom. The van der Waals surface area contributed by atoms with Gasteiger partial charge in [-0.05, 0) is 32.4 Å². The van der Waals surface area contributed by atoms with Gasteiger partial charge in [0.1, 0.15) is 0 Å². The van der Waals surface area contributed by atoms with Crippen molar-refractivity contribution in [3.8, 4) is 0 Å². The molecule has 1 aromatic rings. The molecule has 0 amide bonds. The van der Waals surface area contributed by atoms with Crippen molar-refractivity contribution in [3.05, 3.63) is 11.8 Å². The molecule has 2 aliphatic rings. The number of nitrogens with zero attached hydrogens (tertiary/aromatic N) is 3. The Balaban J connectivity index is 1.63. The van der Waals surface area contributed by atoms with Gasteiger partial charge in [-0.1, -0.05) is 6.92 Å². The van der Waals surface area contributed by atoms with Gasteiger partial charge in [0, 0.05) is 50.4 Å². The van der Waals surface area contributed by atoms with Gasteiger partial charge in [-0.2, -0.15) is 5.10 Å². The van der Waals surface area contributed by atoms with E-state index < -0.39 is 0 Å². The van der Waals surface area contributed by atoms with E-state index in [1.165, 1.54) is 44.6 Å². The van der Waals surface area contributed by atoms with E-state index in [1.54, 1.807) is 0 Å². The van der Waals surface area contributed by atoms with Crippen molar-refractivity contribution >= 4 is 5.82 Å². The van der Waals surface area contributed by atoms with E-state index in [-0.39, 0.29) is 0 Å². The largest absolute Gasteiger partial charge is 0.353 e. The smallest absolute Gasteiger partial charge is 0.150 e. The van der Waals surface area contributed by atoms with Crippen LogP contribution in [0, 0.1) is 0 Å². The Labute approximate surface area is 121 Å². The second-order valence-corrected chi connectivity index (χ2v) is 6.06. The van der Waals surface area contributed by atoms with Crippen molar-refractivity contribution in [2.75, 3.05) is 50.7 Å². The van der Waals surface area contributed by atoms with Crippen LogP contribution in [0.15, 0.2) is 6.07 Å². The highest BCUT2D eigenvalue weighted by atomic mass is 15.3. The summed E-state index contributed by atoms with van der Waals surface area (Å²) in [6.07, 6.45) is 3.86. The highest BCUT2D eigenvalue weighted by Crippen LogP contribution is 2.27. The zero-order valence-corrected chi connectivity index (χ0v) is 12.6. The van der Waals surface area contributed by atoms with Crippen LogP contribution < -0.4 is 10.2 Å². The number of aromatic amines is 1. The van der Waals surface area contributed by atoms with Gasteiger partial charge < -0.3 is 15.1 Å². The first-order valence-electron chi connectivity index (χ1n) is 8.10. The van der Waals surface area contributed by atoms with Crippen LogP contribution in [0.5, 0.6) is 0 Å². The molecule has 5 nitrogen and oxygen atoms in total. The van der Waals surface area contributed by atoms with Crippen LogP contribution in [0.1, 0.15) is 37.8 Å². The van der Waals surface area contributed by atoms with Crippen LogP contribution in [0.3, 0.4) is 0 Å². The Bertz CT molecular complexity index is 408. The van der Waals surface area contributed by atoms with Gasteiger partial charge in [0.15, 0.2) is 5.82 Å². The first-order chi connectivity index (χ1) is 9.86. The molecular formula is C15H27N5. The van der Waals surface area contributed by atoms with Crippen molar-refractivity contribution in [1.82, 2.24) is 20.4 Å². The summed E-state index contributed by atoms with van der Waals surface area (Å²) in [7, 11) is 0.